The molecule has 0 bridgehead atoms. The van der Waals surface area contributed by atoms with Gasteiger partial charge in [0.15, 0.2) is 0 Å². The molecule has 1 saturated heterocycles. The first-order chi connectivity index (χ1) is 17.1. The second-order valence-electron chi connectivity index (χ2n) is 8.71. The molecule has 180 valence electrons. The van der Waals surface area contributed by atoms with Crippen LogP contribution in [-0.2, 0) is 4.79 Å². The molecule has 4 aromatic rings. The minimum Gasteiger partial charge on any atom is -0.495 e. The third kappa shape index (κ3) is 4.54. The van der Waals surface area contributed by atoms with E-state index < -0.39 is 6.61 Å². The number of likely N-dealkylation sites (tertiary alicyclic amines) is 1. The number of hydrogen-bond donors (Lipinski definition) is 2. The number of pyridine rings is 1. The minimum atomic E-state index is -0.431. The zero-order valence-corrected chi connectivity index (χ0v) is 19.8. The van der Waals surface area contributed by atoms with Gasteiger partial charge >= 0.3 is 0 Å². The molecule has 1 aliphatic rings. The summed E-state index contributed by atoms with van der Waals surface area (Å²) in [5.74, 6) is 1.31. The molecule has 3 aromatic heterocycles. The van der Waals surface area contributed by atoms with Crippen LogP contribution < -0.4 is 10.1 Å². The highest BCUT2D eigenvalue weighted by Gasteiger charge is 2.24. The molecule has 0 spiro atoms. The van der Waals surface area contributed by atoms with Crippen molar-refractivity contribution in [2.45, 2.75) is 25.7 Å². The van der Waals surface area contributed by atoms with Gasteiger partial charge in [-0.3, -0.25) is 4.79 Å². The Labute approximate surface area is 203 Å². The number of aliphatic hydroxyl groups excluding tert-OH is 1. The van der Waals surface area contributed by atoms with E-state index in [-0.39, 0.29) is 5.91 Å². The first-order valence-electron chi connectivity index (χ1n) is 11.7. The SMILES string of the molecule is COc1cc(C2CCN(C(=O)CO)CC2)ccc1Nc1ncc(C)c(-c2cnn3ccccc23)n1. The van der Waals surface area contributed by atoms with E-state index in [4.69, 9.17) is 14.8 Å². The van der Waals surface area contributed by atoms with Crippen LogP contribution in [0.2, 0.25) is 0 Å². The molecular weight excluding hydrogens is 444 g/mol. The summed E-state index contributed by atoms with van der Waals surface area (Å²) >= 11 is 0. The molecule has 1 fully saturated rings. The monoisotopic (exact) mass is 472 g/mol. The summed E-state index contributed by atoms with van der Waals surface area (Å²) in [6.07, 6.45) is 7.25. The number of amides is 1. The van der Waals surface area contributed by atoms with Crippen LogP contribution in [0.15, 0.2) is 55.0 Å². The molecule has 1 amide bonds. The summed E-state index contributed by atoms with van der Waals surface area (Å²) in [7, 11) is 1.65. The van der Waals surface area contributed by atoms with Gasteiger partial charge in [-0.05, 0) is 61.1 Å². The van der Waals surface area contributed by atoms with Crippen molar-refractivity contribution in [2.75, 3.05) is 32.1 Å². The Balaban J connectivity index is 1.37. The summed E-state index contributed by atoms with van der Waals surface area (Å²) in [6.45, 7) is 2.85. The molecule has 0 atom stereocenters. The number of benzene rings is 1. The number of aliphatic hydroxyl groups is 1. The molecule has 0 unspecified atom stereocenters. The summed E-state index contributed by atoms with van der Waals surface area (Å²) in [4.78, 5) is 22.7. The van der Waals surface area contributed by atoms with Gasteiger partial charge in [0, 0.05) is 31.0 Å². The van der Waals surface area contributed by atoms with E-state index in [1.165, 1.54) is 5.56 Å². The van der Waals surface area contributed by atoms with E-state index >= 15 is 0 Å². The van der Waals surface area contributed by atoms with E-state index in [2.05, 4.69) is 21.5 Å². The maximum absolute atomic E-state index is 11.7. The maximum atomic E-state index is 11.7. The van der Waals surface area contributed by atoms with Gasteiger partial charge in [0.05, 0.1) is 30.2 Å². The second-order valence-corrected chi connectivity index (χ2v) is 8.71. The van der Waals surface area contributed by atoms with Crippen molar-refractivity contribution in [2.24, 2.45) is 0 Å². The quantitative estimate of drug-likeness (QED) is 0.442. The van der Waals surface area contributed by atoms with Gasteiger partial charge in [0.1, 0.15) is 12.4 Å². The number of anilines is 2. The molecular formula is C26H28N6O3. The van der Waals surface area contributed by atoms with Crippen LogP contribution in [0.1, 0.15) is 29.9 Å². The number of nitrogens with one attached hydrogen (secondary N) is 1. The standard InChI is InChI=1S/C26H28N6O3/c1-17-14-27-26(30-25(17)20-15-28-32-10-4-3-5-22(20)32)29-21-7-6-19(13-23(21)35-2)18-8-11-31(12-9-18)24(34)16-33/h3-7,10,13-15,18,33H,8-9,11-12,16H2,1-2H3,(H,27,29,30). The van der Waals surface area contributed by atoms with Crippen molar-refractivity contribution in [1.82, 2.24) is 24.5 Å². The fraction of sp³-hybridized carbons (Fsp3) is 0.308. The Morgan fingerprint density at radius 1 is 1.20 bits per heavy atom. The van der Waals surface area contributed by atoms with Gasteiger partial charge in [-0.1, -0.05) is 12.1 Å². The molecule has 0 saturated carbocycles. The fourth-order valence-corrected chi connectivity index (χ4v) is 4.64. The van der Waals surface area contributed by atoms with E-state index in [1.54, 1.807) is 18.2 Å². The first kappa shape index (κ1) is 22.8. The Hall–Kier alpha value is -3.98. The number of fused-ring (bicyclic) bond motifs is 1. The predicted octanol–water partition coefficient (Wildman–Crippen LogP) is 3.55. The van der Waals surface area contributed by atoms with Crippen LogP contribution in [0.3, 0.4) is 0 Å². The molecule has 1 aliphatic heterocycles. The van der Waals surface area contributed by atoms with Gasteiger partial charge in [-0.15, -0.1) is 0 Å². The number of ether oxygens (including phenoxy) is 1. The Bertz CT molecular complexity index is 1360. The van der Waals surface area contributed by atoms with E-state index in [1.807, 2.05) is 54.2 Å². The highest BCUT2D eigenvalue weighted by atomic mass is 16.5. The number of carbonyl (C=O) groups is 1. The van der Waals surface area contributed by atoms with E-state index in [0.717, 1.165) is 40.9 Å². The van der Waals surface area contributed by atoms with Gasteiger partial charge in [0.25, 0.3) is 0 Å². The summed E-state index contributed by atoms with van der Waals surface area (Å²) in [5.41, 5.74) is 5.65. The smallest absolute Gasteiger partial charge is 0.248 e. The summed E-state index contributed by atoms with van der Waals surface area (Å²) in [6, 6.07) is 12.0. The van der Waals surface area contributed by atoms with Crippen LogP contribution in [0, 0.1) is 6.92 Å². The molecule has 9 nitrogen and oxygen atoms in total. The Kier molecular flexibility index (Phi) is 6.33. The number of nitrogens with zero attached hydrogens (tertiary/aromatic N) is 5. The number of piperidine rings is 1. The number of carbonyl (C=O) groups excluding carboxylic acids is 1. The Morgan fingerprint density at radius 2 is 2.03 bits per heavy atom. The average molecular weight is 473 g/mol. The number of methoxy groups -OCH3 is 1. The fourth-order valence-electron chi connectivity index (χ4n) is 4.64. The largest absolute Gasteiger partial charge is 0.495 e. The molecule has 4 heterocycles. The normalized spacial score (nSPS) is 14.3. The average Bonchev–Trinajstić information content (AvgIpc) is 3.33. The lowest BCUT2D eigenvalue weighted by molar-refractivity contribution is -0.135. The molecule has 0 radical (unpaired) electrons. The lowest BCUT2D eigenvalue weighted by Crippen LogP contribution is -2.39. The van der Waals surface area contributed by atoms with Crippen LogP contribution in [0.25, 0.3) is 16.8 Å². The van der Waals surface area contributed by atoms with Gasteiger partial charge in [0.2, 0.25) is 11.9 Å². The molecule has 2 N–H and O–H groups in total. The lowest BCUT2D eigenvalue weighted by Gasteiger charge is -2.32. The molecule has 35 heavy (non-hydrogen) atoms. The van der Waals surface area contributed by atoms with Crippen molar-refractivity contribution in [3.05, 3.63) is 66.1 Å². The Morgan fingerprint density at radius 3 is 2.80 bits per heavy atom. The molecule has 9 heteroatoms. The van der Waals surface area contributed by atoms with Crippen LogP contribution in [0.5, 0.6) is 5.75 Å². The third-order valence-corrected chi connectivity index (χ3v) is 6.58. The second kappa shape index (κ2) is 9.71. The predicted molar refractivity (Wildman–Crippen MR) is 133 cm³/mol. The van der Waals surface area contributed by atoms with E-state index in [0.29, 0.717) is 30.7 Å². The maximum Gasteiger partial charge on any atom is 0.248 e. The van der Waals surface area contributed by atoms with Gasteiger partial charge in [-0.2, -0.15) is 5.10 Å². The number of aromatic nitrogens is 4. The van der Waals surface area contributed by atoms with Crippen molar-refractivity contribution >= 4 is 23.1 Å². The van der Waals surface area contributed by atoms with Crippen molar-refractivity contribution in [3.8, 4) is 17.0 Å². The van der Waals surface area contributed by atoms with Crippen molar-refractivity contribution < 1.29 is 14.6 Å². The van der Waals surface area contributed by atoms with Crippen LogP contribution in [-0.4, -0.2) is 62.3 Å². The number of aryl methyl sites for hydroxylation is 1. The summed E-state index contributed by atoms with van der Waals surface area (Å²) < 4.78 is 7.51. The summed E-state index contributed by atoms with van der Waals surface area (Å²) in [5, 5.41) is 16.8. The minimum absolute atomic E-state index is 0.206. The number of hydrogen-bond acceptors (Lipinski definition) is 7. The van der Waals surface area contributed by atoms with E-state index in [9.17, 15) is 4.79 Å². The topological polar surface area (TPSA) is 105 Å². The molecule has 0 aliphatic carbocycles. The molecule has 1 aromatic carbocycles. The highest BCUT2D eigenvalue weighted by Crippen LogP contribution is 2.35. The first-order valence-corrected chi connectivity index (χ1v) is 11.7. The highest BCUT2D eigenvalue weighted by molar-refractivity contribution is 5.80. The lowest BCUT2D eigenvalue weighted by atomic mass is 9.89. The van der Waals surface area contributed by atoms with Crippen molar-refractivity contribution in [1.29, 1.82) is 0 Å². The van der Waals surface area contributed by atoms with Crippen LogP contribution in [0.4, 0.5) is 11.6 Å². The zero-order valence-electron chi connectivity index (χ0n) is 19.8. The molecule has 5 rings (SSSR count). The number of rotatable bonds is 6. The zero-order chi connectivity index (χ0) is 24.4. The van der Waals surface area contributed by atoms with Gasteiger partial charge < -0.3 is 20.1 Å². The van der Waals surface area contributed by atoms with Crippen LogP contribution >= 0.6 is 0 Å². The third-order valence-electron chi connectivity index (χ3n) is 6.58. The van der Waals surface area contributed by atoms with Crippen molar-refractivity contribution in [3.63, 3.8) is 0 Å². The van der Waals surface area contributed by atoms with Gasteiger partial charge in [-0.25, -0.2) is 14.5 Å².